The highest BCUT2D eigenvalue weighted by Crippen LogP contribution is 2.25. The van der Waals surface area contributed by atoms with Crippen molar-refractivity contribution in [3.8, 4) is 11.6 Å². The Morgan fingerprint density at radius 2 is 1.96 bits per heavy atom. The molecule has 0 spiro atoms. The third-order valence-corrected chi connectivity index (χ3v) is 4.65. The van der Waals surface area contributed by atoms with Gasteiger partial charge < -0.3 is 9.64 Å². The van der Waals surface area contributed by atoms with Gasteiger partial charge in [0.2, 0.25) is 5.88 Å². The van der Waals surface area contributed by atoms with E-state index >= 15 is 0 Å². The van der Waals surface area contributed by atoms with Crippen molar-refractivity contribution < 1.29 is 9.53 Å². The molecule has 0 radical (unpaired) electrons. The molecule has 1 aromatic carbocycles. The van der Waals surface area contributed by atoms with Crippen LogP contribution in [0.2, 0.25) is 0 Å². The monoisotopic (exact) mass is 388 g/mol. The van der Waals surface area contributed by atoms with Gasteiger partial charge in [-0.15, -0.1) is 0 Å². The zero-order chi connectivity index (χ0) is 17.1. The number of rotatable bonds is 3. The minimum Gasteiger partial charge on any atom is -0.439 e. The van der Waals surface area contributed by atoms with Crippen molar-refractivity contribution in [1.29, 1.82) is 0 Å². The van der Waals surface area contributed by atoms with Crippen LogP contribution >= 0.6 is 15.9 Å². The van der Waals surface area contributed by atoms with E-state index in [1.54, 1.807) is 18.3 Å². The van der Waals surface area contributed by atoms with Crippen LogP contribution in [0.5, 0.6) is 11.6 Å². The van der Waals surface area contributed by atoms with Crippen LogP contribution in [0.4, 0.5) is 0 Å². The summed E-state index contributed by atoms with van der Waals surface area (Å²) in [6, 6.07) is 11.1. The molecule has 126 valence electrons. The van der Waals surface area contributed by atoms with E-state index in [0.29, 0.717) is 29.0 Å². The minimum atomic E-state index is 0.0508. The van der Waals surface area contributed by atoms with Gasteiger partial charge in [-0.3, -0.25) is 4.79 Å². The lowest BCUT2D eigenvalue weighted by atomic mass is 9.91. The molecule has 0 N–H and O–H groups in total. The van der Waals surface area contributed by atoms with Gasteiger partial charge in [-0.1, -0.05) is 35.8 Å². The van der Waals surface area contributed by atoms with Crippen molar-refractivity contribution in [2.45, 2.75) is 20.3 Å². The predicted octanol–water partition coefficient (Wildman–Crippen LogP) is 4.75. The van der Waals surface area contributed by atoms with E-state index in [1.807, 2.05) is 29.2 Å². The topological polar surface area (TPSA) is 42.4 Å². The quantitative estimate of drug-likeness (QED) is 0.761. The first-order chi connectivity index (χ1) is 11.5. The third kappa shape index (κ3) is 4.15. The summed E-state index contributed by atoms with van der Waals surface area (Å²) in [5.74, 6) is 2.32. The highest BCUT2D eigenvalue weighted by Gasteiger charge is 2.26. The summed E-state index contributed by atoms with van der Waals surface area (Å²) < 4.78 is 6.65. The number of pyridine rings is 1. The number of benzene rings is 1. The largest absolute Gasteiger partial charge is 0.439 e. The van der Waals surface area contributed by atoms with Gasteiger partial charge in [0.05, 0.1) is 5.56 Å². The Bertz CT molecular complexity index is 708. The molecule has 1 aliphatic heterocycles. The Kier molecular flexibility index (Phi) is 5.19. The molecule has 24 heavy (non-hydrogen) atoms. The number of carbonyl (C=O) groups excluding carboxylic acids is 1. The molecule has 1 fully saturated rings. The molecular formula is C19H21BrN2O2. The highest BCUT2D eigenvalue weighted by molar-refractivity contribution is 9.10. The van der Waals surface area contributed by atoms with Crippen molar-refractivity contribution in [2.24, 2.45) is 11.8 Å². The van der Waals surface area contributed by atoms with Crippen LogP contribution in [0.15, 0.2) is 47.1 Å². The Labute approximate surface area is 151 Å². The van der Waals surface area contributed by atoms with Crippen molar-refractivity contribution >= 4 is 21.8 Å². The van der Waals surface area contributed by atoms with E-state index in [1.165, 1.54) is 6.42 Å². The highest BCUT2D eigenvalue weighted by atomic mass is 79.9. The van der Waals surface area contributed by atoms with Crippen molar-refractivity contribution in [3.05, 3.63) is 52.6 Å². The first kappa shape index (κ1) is 17.0. The summed E-state index contributed by atoms with van der Waals surface area (Å²) in [6.07, 6.45) is 2.78. The summed E-state index contributed by atoms with van der Waals surface area (Å²) in [5, 5.41) is 0. The van der Waals surface area contributed by atoms with Gasteiger partial charge in [0.1, 0.15) is 5.75 Å². The van der Waals surface area contributed by atoms with Crippen LogP contribution in [0.3, 0.4) is 0 Å². The van der Waals surface area contributed by atoms with E-state index in [-0.39, 0.29) is 5.91 Å². The molecule has 5 heteroatoms. The molecule has 2 heterocycles. The van der Waals surface area contributed by atoms with Crippen LogP contribution in [0, 0.1) is 11.8 Å². The lowest BCUT2D eigenvalue weighted by Crippen LogP contribution is -2.42. The summed E-state index contributed by atoms with van der Waals surface area (Å²) >= 11 is 3.41. The van der Waals surface area contributed by atoms with Gasteiger partial charge in [-0.2, -0.15) is 0 Å². The van der Waals surface area contributed by atoms with Gasteiger partial charge in [0, 0.05) is 29.8 Å². The number of halogens is 1. The molecule has 2 aromatic rings. The number of ether oxygens (including phenoxy) is 1. The van der Waals surface area contributed by atoms with Crippen LogP contribution in [-0.2, 0) is 0 Å². The molecule has 2 atom stereocenters. The Hall–Kier alpha value is -1.88. The van der Waals surface area contributed by atoms with Crippen LogP contribution in [-0.4, -0.2) is 28.9 Å². The smallest absolute Gasteiger partial charge is 0.255 e. The van der Waals surface area contributed by atoms with E-state index in [2.05, 4.69) is 34.8 Å². The number of piperidine rings is 1. The maximum absolute atomic E-state index is 12.6. The maximum Gasteiger partial charge on any atom is 0.255 e. The molecule has 1 aliphatic rings. The van der Waals surface area contributed by atoms with E-state index < -0.39 is 0 Å². The molecule has 0 saturated carbocycles. The normalized spacial score (nSPS) is 20.7. The van der Waals surface area contributed by atoms with Crippen molar-refractivity contribution in [1.82, 2.24) is 9.88 Å². The Balaban J connectivity index is 1.68. The molecule has 3 rings (SSSR count). The van der Waals surface area contributed by atoms with Crippen molar-refractivity contribution in [3.63, 3.8) is 0 Å². The predicted molar refractivity (Wildman–Crippen MR) is 97.3 cm³/mol. The average Bonchev–Trinajstić information content (AvgIpc) is 2.54. The lowest BCUT2D eigenvalue weighted by molar-refractivity contribution is 0.0622. The Morgan fingerprint density at radius 1 is 1.21 bits per heavy atom. The molecule has 0 bridgehead atoms. The lowest BCUT2D eigenvalue weighted by Gasteiger charge is -2.35. The zero-order valence-electron chi connectivity index (χ0n) is 13.9. The fraction of sp³-hybridized carbons (Fsp3) is 0.368. The fourth-order valence-corrected chi connectivity index (χ4v) is 3.61. The zero-order valence-corrected chi connectivity index (χ0v) is 15.5. The van der Waals surface area contributed by atoms with E-state index in [4.69, 9.17) is 4.74 Å². The summed E-state index contributed by atoms with van der Waals surface area (Å²) in [5.41, 5.74) is 0.609. The number of likely N-dealkylation sites (tertiary alicyclic amines) is 1. The maximum atomic E-state index is 12.6. The number of hydrogen-bond donors (Lipinski definition) is 0. The molecular weight excluding hydrogens is 368 g/mol. The SMILES string of the molecule is C[C@@H]1C[C@H](C)CN(C(=O)c2ccc(Oc3cccc(Br)c3)nc2)C1. The van der Waals surface area contributed by atoms with Gasteiger partial charge in [-0.05, 0) is 42.5 Å². The van der Waals surface area contributed by atoms with Crippen LogP contribution in [0.1, 0.15) is 30.6 Å². The standard InChI is InChI=1S/C19H21BrN2O2/c1-13-8-14(2)12-22(11-13)19(23)15-6-7-18(21-10-15)24-17-5-3-4-16(20)9-17/h3-7,9-10,13-14H,8,11-12H2,1-2H3/t13-,14+. The summed E-state index contributed by atoms with van der Waals surface area (Å²) in [6.45, 7) is 6.03. The van der Waals surface area contributed by atoms with Crippen LogP contribution in [0.25, 0.3) is 0 Å². The second-order valence-electron chi connectivity index (χ2n) is 6.60. The van der Waals surface area contributed by atoms with E-state index in [0.717, 1.165) is 17.6 Å². The van der Waals surface area contributed by atoms with E-state index in [9.17, 15) is 4.79 Å². The summed E-state index contributed by atoms with van der Waals surface area (Å²) in [4.78, 5) is 18.9. The minimum absolute atomic E-state index is 0.0508. The second-order valence-corrected chi connectivity index (χ2v) is 7.52. The number of nitrogens with zero attached hydrogens (tertiary/aromatic N) is 2. The molecule has 1 aromatic heterocycles. The first-order valence-corrected chi connectivity index (χ1v) is 8.99. The molecule has 0 unspecified atom stereocenters. The number of amides is 1. The number of hydrogen-bond acceptors (Lipinski definition) is 3. The number of aromatic nitrogens is 1. The van der Waals surface area contributed by atoms with Gasteiger partial charge in [-0.25, -0.2) is 4.98 Å². The van der Waals surface area contributed by atoms with Gasteiger partial charge >= 0.3 is 0 Å². The Morgan fingerprint density at radius 3 is 2.58 bits per heavy atom. The molecule has 1 saturated heterocycles. The molecule has 0 aliphatic carbocycles. The first-order valence-electron chi connectivity index (χ1n) is 8.20. The molecule has 1 amide bonds. The average molecular weight is 389 g/mol. The third-order valence-electron chi connectivity index (χ3n) is 4.16. The summed E-state index contributed by atoms with van der Waals surface area (Å²) in [7, 11) is 0. The molecule has 4 nitrogen and oxygen atoms in total. The number of carbonyl (C=O) groups is 1. The fourth-order valence-electron chi connectivity index (χ4n) is 3.23. The second kappa shape index (κ2) is 7.34. The van der Waals surface area contributed by atoms with Crippen LogP contribution < -0.4 is 4.74 Å². The van der Waals surface area contributed by atoms with Gasteiger partial charge in [0.15, 0.2) is 0 Å². The van der Waals surface area contributed by atoms with Gasteiger partial charge in [0.25, 0.3) is 5.91 Å². The van der Waals surface area contributed by atoms with Crippen molar-refractivity contribution in [2.75, 3.05) is 13.1 Å².